The van der Waals surface area contributed by atoms with Crippen molar-refractivity contribution < 1.29 is 13.3 Å². The van der Waals surface area contributed by atoms with Crippen molar-refractivity contribution in [2.24, 2.45) is 0 Å². The minimum Gasteiger partial charge on any atom is -0.319 e. The minimum absolute atomic E-state index is 0.127. The van der Waals surface area contributed by atoms with Crippen molar-refractivity contribution in [3.8, 4) is 0 Å². The molecule has 0 radical (unpaired) electrons. The molecule has 8 nitrogen and oxygen atoms in total. The standard InChI is InChI=1S/C19H22N4O4S3/c1-2-22-17-7-6-15(30(26,27)21-8-4-3-5-9-21)11-16(17)20-19(22)29-13-14-10-18(23(24)25)28-12-14/h6-7,10-12H,2-5,8-9,13H2,1H3. The Hall–Kier alpha value is -1.95. The van der Waals surface area contributed by atoms with E-state index in [0.717, 1.165) is 46.8 Å². The van der Waals surface area contributed by atoms with Gasteiger partial charge in [-0.15, -0.1) is 0 Å². The summed E-state index contributed by atoms with van der Waals surface area (Å²) in [5.74, 6) is 0.562. The van der Waals surface area contributed by atoms with Crippen LogP contribution in [0.5, 0.6) is 0 Å². The van der Waals surface area contributed by atoms with E-state index < -0.39 is 10.0 Å². The number of imidazole rings is 1. The van der Waals surface area contributed by atoms with Gasteiger partial charge >= 0.3 is 5.00 Å². The maximum Gasteiger partial charge on any atom is 0.324 e. The molecule has 0 N–H and O–H groups in total. The van der Waals surface area contributed by atoms with Crippen molar-refractivity contribution in [3.05, 3.63) is 45.3 Å². The fraction of sp³-hybridized carbons (Fsp3) is 0.421. The zero-order chi connectivity index (χ0) is 21.3. The first-order valence-electron chi connectivity index (χ1n) is 9.75. The quantitative estimate of drug-likeness (QED) is 0.289. The van der Waals surface area contributed by atoms with E-state index in [1.807, 2.05) is 17.6 Å². The Bertz CT molecular complexity index is 1180. The van der Waals surface area contributed by atoms with Crippen molar-refractivity contribution in [1.82, 2.24) is 13.9 Å². The van der Waals surface area contributed by atoms with E-state index in [1.54, 1.807) is 27.9 Å². The van der Waals surface area contributed by atoms with Crippen LogP contribution in [-0.2, 0) is 22.3 Å². The minimum atomic E-state index is -3.51. The van der Waals surface area contributed by atoms with E-state index >= 15 is 0 Å². The molecular formula is C19H22N4O4S3. The molecule has 3 aromatic rings. The predicted octanol–water partition coefficient (Wildman–Crippen LogP) is 4.49. The molecule has 0 unspecified atom stereocenters. The highest BCUT2D eigenvalue weighted by molar-refractivity contribution is 7.98. The highest BCUT2D eigenvalue weighted by Gasteiger charge is 2.26. The second-order valence-corrected chi connectivity index (χ2v) is 10.9. The van der Waals surface area contributed by atoms with Crippen molar-refractivity contribution in [2.45, 2.75) is 48.5 Å². The summed E-state index contributed by atoms with van der Waals surface area (Å²) < 4.78 is 29.6. The Kier molecular flexibility index (Phi) is 6.14. The second-order valence-electron chi connectivity index (χ2n) is 7.09. The first-order chi connectivity index (χ1) is 14.4. The van der Waals surface area contributed by atoms with Crippen LogP contribution < -0.4 is 0 Å². The molecule has 1 saturated heterocycles. The van der Waals surface area contributed by atoms with Gasteiger partial charge in [0.1, 0.15) is 0 Å². The first kappa shape index (κ1) is 21.3. The van der Waals surface area contributed by atoms with E-state index in [-0.39, 0.29) is 14.8 Å². The Morgan fingerprint density at radius 2 is 2.00 bits per heavy atom. The summed E-state index contributed by atoms with van der Waals surface area (Å²) in [5, 5.41) is 13.6. The Balaban J connectivity index is 1.60. The van der Waals surface area contributed by atoms with Gasteiger partial charge in [0.25, 0.3) is 0 Å². The lowest BCUT2D eigenvalue weighted by atomic mass is 10.2. The number of thiophene rings is 1. The third kappa shape index (κ3) is 4.11. The lowest BCUT2D eigenvalue weighted by Gasteiger charge is -2.25. The van der Waals surface area contributed by atoms with Crippen LogP contribution in [0.15, 0.2) is 39.7 Å². The average Bonchev–Trinajstić information content (AvgIpc) is 3.36. The summed E-state index contributed by atoms with van der Waals surface area (Å²) in [6.07, 6.45) is 2.86. The van der Waals surface area contributed by atoms with Gasteiger partial charge in [-0.1, -0.05) is 29.5 Å². The molecule has 0 spiro atoms. The number of aromatic nitrogens is 2. The topological polar surface area (TPSA) is 98.3 Å². The summed E-state index contributed by atoms with van der Waals surface area (Å²) in [5.41, 5.74) is 2.41. The smallest absolute Gasteiger partial charge is 0.319 e. The van der Waals surface area contributed by atoms with E-state index in [0.29, 0.717) is 30.9 Å². The third-order valence-electron chi connectivity index (χ3n) is 5.14. The highest BCUT2D eigenvalue weighted by atomic mass is 32.2. The molecule has 0 saturated carbocycles. The number of nitrogens with zero attached hydrogens (tertiary/aromatic N) is 4. The Morgan fingerprint density at radius 3 is 2.67 bits per heavy atom. The van der Waals surface area contributed by atoms with Crippen LogP contribution in [0.3, 0.4) is 0 Å². The SMILES string of the molecule is CCn1c(SCc2csc([N+](=O)[O-])c2)nc2cc(S(=O)(=O)N3CCCCC3)ccc21. The number of piperidine rings is 1. The molecule has 11 heteroatoms. The van der Waals surface area contributed by atoms with Gasteiger partial charge in [0, 0.05) is 36.8 Å². The molecule has 30 heavy (non-hydrogen) atoms. The van der Waals surface area contributed by atoms with Gasteiger partial charge in [-0.05, 0) is 43.5 Å². The zero-order valence-corrected chi connectivity index (χ0v) is 18.9. The maximum atomic E-state index is 13.0. The average molecular weight is 467 g/mol. The molecule has 0 atom stereocenters. The number of nitro groups is 1. The van der Waals surface area contributed by atoms with Gasteiger partial charge in [-0.25, -0.2) is 13.4 Å². The van der Waals surface area contributed by atoms with Crippen LogP contribution >= 0.6 is 23.1 Å². The summed E-state index contributed by atoms with van der Waals surface area (Å²) in [6.45, 7) is 3.84. The van der Waals surface area contributed by atoms with Crippen molar-refractivity contribution >= 4 is 49.2 Å². The summed E-state index contributed by atoms with van der Waals surface area (Å²) in [4.78, 5) is 15.4. The molecule has 1 aliphatic heterocycles. The fourth-order valence-corrected chi connectivity index (χ4v) is 6.98. The van der Waals surface area contributed by atoms with Crippen molar-refractivity contribution in [2.75, 3.05) is 13.1 Å². The highest BCUT2D eigenvalue weighted by Crippen LogP contribution is 2.32. The lowest BCUT2D eigenvalue weighted by Crippen LogP contribution is -2.35. The number of sulfonamides is 1. The zero-order valence-electron chi connectivity index (χ0n) is 16.5. The van der Waals surface area contributed by atoms with E-state index in [9.17, 15) is 18.5 Å². The monoisotopic (exact) mass is 466 g/mol. The fourth-order valence-electron chi connectivity index (χ4n) is 3.60. The number of benzene rings is 1. The van der Waals surface area contributed by atoms with E-state index in [1.165, 1.54) is 11.8 Å². The molecule has 0 aliphatic carbocycles. The second kappa shape index (κ2) is 8.66. The van der Waals surface area contributed by atoms with Gasteiger partial charge in [-0.3, -0.25) is 10.1 Å². The summed E-state index contributed by atoms with van der Waals surface area (Å²) >= 11 is 2.61. The first-order valence-corrected chi connectivity index (χ1v) is 13.1. The molecule has 1 aromatic carbocycles. The van der Waals surface area contributed by atoms with Crippen LogP contribution in [0.2, 0.25) is 0 Å². The van der Waals surface area contributed by atoms with E-state index in [4.69, 9.17) is 0 Å². The van der Waals surface area contributed by atoms with Crippen LogP contribution in [0.25, 0.3) is 11.0 Å². The van der Waals surface area contributed by atoms with Crippen LogP contribution in [0, 0.1) is 10.1 Å². The van der Waals surface area contributed by atoms with Crippen molar-refractivity contribution in [1.29, 1.82) is 0 Å². The van der Waals surface area contributed by atoms with Crippen LogP contribution in [-0.4, -0.2) is 40.3 Å². The number of fused-ring (bicyclic) bond motifs is 1. The number of thioether (sulfide) groups is 1. The van der Waals surface area contributed by atoms with E-state index in [2.05, 4.69) is 4.98 Å². The molecule has 2 aromatic heterocycles. The van der Waals surface area contributed by atoms with Gasteiger partial charge in [0.05, 0.1) is 20.9 Å². The third-order valence-corrected chi connectivity index (χ3v) is 9.01. The summed E-state index contributed by atoms with van der Waals surface area (Å²) in [7, 11) is -3.51. The largest absolute Gasteiger partial charge is 0.324 e. The van der Waals surface area contributed by atoms with Gasteiger partial charge in [-0.2, -0.15) is 4.31 Å². The van der Waals surface area contributed by atoms with Gasteiger partial charge in [0.15, 0.2) is 5.16 Å². The number of aryl methyl sites for hydroxylation is 1. The molecule has 1 fully saturated rings. The number of rotatable bonds is 7. The Morgan fingerprint density at radius 1 is 1.23 bits per heavy atom. The predicted molar refractivity (Wildman–Crippen MR) is 119 cm³/mol. The Labute approximate surface area is 183 Å². The van der Waals surface area contributed by atoms with Crippen LogP contribution in [0.1, 0.15) is 31.7 Å². The number of hydrogen-bond acceptors (Lipinski definition) is 7. The molecular weight excluding hydrogens is 444 g/mol. The normalized spacial score (nSPS) is 15.6. The van der Waals surface area contributed by atoms with Gasteiger partial charge in [0.2, 0.25) is 10.0 Å². The molecule has 3 heterocycles. The molecule has 1 aliphatic rings. The molecule has 0 bridgehead atoms. The molecule has 160 valence electrons. The summed E-state index contributed by atoms with van der Waals surface area (Å²) in [6, 6.07) is 6.73. The van der Waals surface area contributed by atoms with Crippen LogP contribution in [0.4, 0.5) is 5.00 Å². The van der Waals surface area contributed by atoms with Crippen molar-refractivity contribution in [3.63, 3.8) is 0 Å². The maximum absolute atomic E-state index is 13.0. The van der Waals surface area contributed by atoms with Gasteiger partial charge < -0.3 is 4.57 Å². The molecule has 4 rings (SSSR count). The number of hydrogen-bond donors (Lipinski definition) is 0. The lowest BCUT2D eigenvalue weighted by molar-refractivity contribution is -0.380. The molecule has 0 amide bonds.